The van der Waals surface area contributed by atoms with Crippen molar-refractivity contribution in [2.45, 2.75) is 25.8 Å². The van der Waals surface area contributed by atoms with Gasteiger partial charge in [-0.25, -0.2) is 0 Å². The monoisotopic (exact) mass is 406 g/mol. The standard InChI is InChI=1S/C25H31N3O2/c1-20(29)28-14-8-13-23(19-28)25(30)27-17-15-26(16-18-27)24(21-9-4-2-5-10-21)22-11-6-3-7-12-22/h2-7,9-12,23-24H,8,13-19H2,1H3/p+1/t23-/m1/s1. The Balaban J connectivity index is 1.43. The maximum atomic E-state index is 13.1. The molecule has 5 nitrogen and oxygen atoms in total. The lowest BCUT2D eigenvalue weighted by Crippen LogP contribution is -3.15. The van der Waals surface area contributed by atoms with Gasteiger partial charge in [-0.2, -0.15) is 0 Å². The Bertz CT molecular complexity index is 808. The first-order chi connectivity index (χ1) is 14.6. The Kier molecular flexibility index (Phi) is 6.48. The second-order valence-corrected chi connectivity index (χ2v) is 8.54. The summed E-state index contributed by atoms with van der Waals surface area (Å²) in [7, 11) is 0. The molecule has 5 heteroatoms. The summed E-state index contributed by atoms with van der Waals surface area (Å²) in [4.78, 5) is 30.2. The number of carbonyl (C=O) groups is 2. The Labute approximate surface area is 179 Å². The molecule has 1 atom stereocenters. The van der Waals surface area contributed by atoms with Gasteiger partial charge in [0.25, 0.3) is 0 Å². The van der Waals surface area contributed by atoms with Crippen LogP contribution in [0.1, 0.15) is 36.9 Å². The van der Waals surface area contributed by atoms with E-state index in [0.29, 0.717) is 6.54 Å². The fraction of sp³-hybridized carbons (Fsp3) is 0.440. The molecule has 2 amide bonds. The van der Waals surface area contributed by atoms with Crippen LogP contribution in [-0.4, -0.2) is 60.9 Å². The summed E-state index contributed by atoms with van der Waals surface area (Å²) in [5.74, 6) is 0.273. The fourth-order valence-electron chi connectivity index (χ4n) is 4.98. The summed E-state index contributed by atoms with van der Waals surface area (Å²) in [6.07, 6.45) is 1.82. The van der Waals surface area contributed by atoms with Crippen LogP contribution in [0.3, 0.4) is 0 Å². The molecular formula is C25H32N3O2+. The summed E-state index contributed by atoms with van der Waals surface area (Å²) in [5.41, 5.74) is 2.64. The van der Waals surface area contributed by atoms with Gasteiger partial charge in [-0.05, 0) is 12.8 Å². The van der Waals surface area contributed by atoms with Crippen molar-refractivity contribution in [1.82, 2.24) is 9.80 Å². The molecule has 30 heavy (non-hydrogen) atoms. The minimum Gasteiger partial charge on any atom is -0.342 e. The first-order valence-corrected chi connectivity index (χ1v) is 11.1. The molecule has 2 heterocycles. The maximum Gasteiger partial charge on any atom is 0.227 e. The van der Waals surface area contributed by atoms with Gasteiger partial charge in [0.05, 0.1) is 32.1 Å². The van der Waals surface area contributed by atoms with Gasteiger partial charge in [-0.1, -0.05) is 60.7 Å². The zero-order valence-corrected chi connectivity index (χ0v) is 17.8. The van der Waals surface area contributed by atoms with Crippen LogP contribution in [0, 0.1) is 5.92 Å². The average Bonchev–Trinajstić information content (AvgIpc) is 2.81. The van der Waals surface area contributed by atoms with Gasteiger partial charge in [-0.3, -0.25) is 9.59 Å². The quantitative estimate of drug-likeness (QED) is 0.841. The van der Waals surface area contributed by atoms with Gasteiger partial charge in [0.2, 0.25) is 11.8 Å². The summed E-state index contributed by atoms with van der Waals surface area (Å²) < 4.78 is 0. The average molecular weight is 407 g/mol. The zero-order valence-electron chi connectivity index (χ0n) is 17.8. The number of likely N-dealkylation sites (tertiary alicyclic amines) is 1. The Morgan fingerprint density at radius 3 is 1.97 bits per heavy atom. The zero-order chi connectivity index (χ0) is 20.9. The lowest BCUT2D eigenvalue weighted by molar-refractivity contribution is -0.929. The van der Waals surface area contributed by atoms with Crippen LogP contribution < -0.4 is 4.90 Å². The SMILES string of the molecule is CC(=O)N1CCC[C@@H](C(=O)N2CC[NH+](C(c3ccccc3)c3ccccc3)CC2)C1. The number of nitrogens with zero attached hydrogens (tertiary/aromatic N) is 2. The molecule has 158 valence electrons. The van der Waals surface area contributed by atoms with E-state index >= 15 is 0 Å². The molecule has 0 saturated carbocycles. The molecule has 0 aromatic heterocycles. The second kappa shape index (κ2) is 9.43. The van der Waals surface area contributed by atoms with Crippen molar-refractivity contribution in [3.63, 3.8) is 0 Å². The lowest BCUT2D eigenvalue weighted by atomic mass is 9.95. The van der Waals surface area contributed by atoms with Crippen molar-refractivity contribution >= 4 is 11.8 Å². The van der Waals surface area contributed by atoms with Gasteiger partial charge < -0.3 is 14.7 Å². The number of hydrogen-bond acceptors (Lipinski definition) is 2. The van der Waals surface area contributed by atoms with E-state index in [1.807, 2.05) is 9.80 Å². The first-order valence-electron chi connectivity index (χ1n) is 11.1. The van der Waals surface area contributed by atoms with E-state index in [0.717, 1.165) is 45.6 Å². The van der Waals surface area contributed by atoms with Gasteiger partial charge >= 0.3 is 0 Å². The number of nitrogens with one attached hydrogen (secondary N) is 1. The van der Waals surface area contributed by atoms with E-state index in [-0.39, 0.29) is 23.8 Å². The number of carbonyl (C=O) groups excluding carboxylic acids is 2. The van der Waals surface area contributed by atoms with Crippen molar-refractivity contribution in [1.29, 1.82) is 0 Å². The van der Waals surface area contributed by atoms with E-state index in [1.54, 1.807) is 6.92 Å². The molecule has 0 spiro atoms. The number of piperazine rings is 1. The predicted octanol–water partition coefficient (Wildman–Crippen LogP) is 1.76. The number of rotatable bonds is 4. The normalized spacial score (nSPS) is 20.4. The smallest absolute Gasteiger partial charge is 0.227 e. The van der Waals surface area contributed by atoms with Crippen molar-refractivity contribution in [3.8, 4) is 0 Å². The minimum atomic E-state index is -0.0387. The Morgan fingerprint density at radius 1 is 0.867 bits per heavy atom. The molecule has 2 saturated heterocycles. The summed E-state index contributed by atoms with van der Waals surface area (Å²) in [6.45, 7) is 6.39. The largest absolute Gasteiger partial charge is 0.342 e. The van der Waals surface area contributed by atoms with Gasteiger partial charge in [-0.15, -0.1) is 0 Å². The van der Waals surface area contributed by atoms with Crippen molar-refractivity contribution in [3.05, 3.63) is 71.8 Å². The molecule has 0 radical (unpaired) electrons. The molecule has 2 aromatic carbocycles. The highest BCUT2D eigenvalue weighted by Gasteiger charge is 2.35. The van der Waals surface area contributed by atoms with Crippen LogP contribution >= 0.6 is 0 Å². The van der Waals surface area contributed by atoms with Gasteiger partial charge in [0.15, 0.2) is 0 Å². The summed E-state index contributed by atoms with van der Waals surface area (Å²) in [6, 6.07) is 21.7. The first kappa shape index (κ1) is 20.6. The van der Waals surface area contributed by atoms with Crippen molar-refractivity contribution < 1.29 is 14.5 Å². The minimum absolute atomic E-state index is 0.0387. The second-order valence-electron chi connectivity index (χ2n) is 8.54. The number of amides is 2. The number of hydrogen-bond donors (Lipinski definition) is 1. The van der Waals surface area contributed by atoms with Crippen molar-refractivity contribution in [2.24, 2.45) is 5.92 Å². The highest BCUT2D eigenvalue weighted by molar-refractivity contribution is 5.80. The third kappa shape index (κ3) is 4.57. The maximum absolute atomic E-state index is 13.1. The number of quaternary nitrogens is 1. The van der Waals surface area contributed by atoms with E-state index in [1.165, 1.54) is 16.0 Å². The van der Waals surface area contributed by atoms with Gasteiger partial charge in [0, 0.05) is 31.1 Å². The molecule has 0 aliphatic carbocycles. The molecule has 0 unspecified atom stereocenters. The topological polar surface area (TPSA) is 45.1 Å². The molecule has 4 rings (SSSR count). The third-order valence-electron chi connectivity index (χ3n) is 6.61. The number of piperidine rings is 1. The number of benzene rings is 2. The van der Waals surface area contributed by atoms with Crippen LogP contribution in [0.4, 0.5) is 0 Å². The molecule has 2 aliphatic rings. The highest BCUT2D eigenvalue weighted by Crippen LogP contribution is 2.21. The molecule has 1 N–H and O–H groups in total. The predicted molar refractivity (Wildman–Crippen MR) is 117 cm³/mol. The van der Waals surface area contributed by atoms with E-state index in [2.05, 4.69) is 60.7 Å². The molecular weight excluding hydrogens is 374 g/mol. The Morgan fingerprint density at radius 2 is 1.43 bits per heavy atom. The Hall–Kier alpha value is -2.66. The third-order valence-corrected chi connectivity index (χ3v) is 6.61. The molecule has 0 bridgehead atoms. The van der Waals surface area contributed by atoms with Crippen LogP contribution in [0.15, 0.2) is 60.7 Å². The van der Waals surface area contributed by atoms with Crippen LogP contribution in [0.5, 0.6) is 0 Å². The lowest BCUT2D eigenvalue weighted by Gasteiger charge is -2.39. The summed E-state index contributed by atoms with van der Waals surface area (Å²) >= 11 is 0. The van der Waals surface area contributed by atoms with E-state index in [9.17, 15) is 9.59 Å². The highest BCUT2D eigenvalue weighted by atomic mass is 16.2. The fourth-order valence-corrected chi connectivity index (χ4v) is 4.98. The molecule has 2 aliphatic heterocycles. The van der Waals surface area contributed by atoms with E-state index < -0.39 is 0 Å². The van der Waals surface area contributed by atoms with Crippen molar-refractivity contribution in [2.75, 3.05) is 39.3 Å². The van der Waals surface area contributed by atoms with Crippen LogP contribution in [-0.2, 0) is 9.59 Å². The van der Waals surface area contributed by atoms with E-state index in [4.69, 9.17) is 0 Å². The van der Waals surface area contributed by atoms with Gasteiger partial charge in [0.1, 0.15) is 6.04 Å². The van der Waals surface area contributed by atoms with Crippen LogP contribution in [0.2, 0.25) is 0 Å². The summed E-state index contributed by atoms with van der Waals surface area (Å²) in [5, 5.41) is 0. The van der Waals surface area contributed by atoms with Crippen LogP contribution in [0.25, 0.3) is 0 Å². The molecule has 2 aromatic rings. The molecule has 2 fully saturated rings.